The minimum Gasteiger partial charge on any atom is -0.376 e. The van der Waals surface area contributed by atoms with Crippen LogP contribution in [0.1, 0.15) is 18.4 Å². The van der Waals surface area contributed by atoms with Gasteiger partial charge in [0.15, 0.2) is 5.11 Å². The highest BCUT2D eigenvalue weighted by Crippen LogP contribution is 2.31. The zero-order valence-electron chi connectivity index (χ0n) is 15.1. The monoisotopic (exact) mass is 437 g/mol. The van der Waals surface area contributed by atoms with Crippen LogP contribution in [-0.2, 0) is 20.9 Å². The van der Waals surface area contributed by atoms with Crippen LogP contribution in [0.25, 0.3) is 0 Å². The predicted molar refractivity (Wildman–Crippen MR) is 101 cm³/mol. The Bertz CT molecular complexity index is 803. The van der Waals surface area contributed by atoms with Crippen LogP contribution >= 0.6 is 12.2 Å². The van der Waals surface area contributed by atoms with Gasteiger partial charge in [0.25, 0.3) is 0 Å². The molecule has 2 saturated heterocycles. The fourth-order valence-corrected chi connectivity index (χ4v) is 4.97. The van der Waals surface area contributed by atoms with Gasteiger partial charge in [-0.25, -0.2) is 8.42 Å². The van der Waals surface area contributed by atoms with Gasteiger partial charge in [0.05, 0.1) is 16.6 Å². The second-order valence-electron chi connectivity index (χ2n) is 6.74. The Morgan fingerprint density at radius 3 is 2.57 bits per heavy atom. The van der Waals surface area contributed by atoms with E-state index in [1.165, 1.54) is 10.4 Å². The Hall–Kier alpha value is -1.43. The first-order chi connectivity index (χ1) is 13.2. The van der Waals surface area contributed by atoms with E-state index in [1.807, 2.05) is 4.90 Å². The van der Waals surface area contributed by atoms with Crippen molar-refractivity contribution in [1.82, 2.24) is 14.5 Å². The quantitative estimate of drug-likeness (QED) is 0.728. The van der Waals surface area contributed by atoms with Gasteiger partial charge < -0.3 is 15.0 Å². The smallest absolute Gasteiger partial charge is 0.376 e. The van der Waals surface area contributed by atoms with Crippen molar-refractivity contribution in [3.05, 3.63) is 29.8 Å². The van der Waals surface area contributed by atoms with E-state index in [-0.39, 0.29) is 24.1 Å². The normalized spacial score (nSPS) is 21.7. The number of rotatable bonds is 4. The van der Waals surface area contributed by atoms with Gasteiger partial charge >= 0.3 is 6.18 Å². The number of benzene rings is 1. The molecule has 0 spiro atoms. The summed E-state index contributed by atoms with van der Waals surface area (Å²) in [6.07, 6.45) is -2.44. The SMILES string of the molecule is O=S(=O)(c1cccc(C(F)(F)F)c1)N1CCN(C(=S)NC[C@H]2CCCO2)CC1. The van der Waals surface area contributed by atoms with Crippen molar-refractivity contribution in [2.75, 3.05) is 39.3 Å². The minimum atomic E-state index is -4.59. The van der Waals surface area contributed by atoms with Gasteiger partial charge in [-0.05, 0) is 43.3 Å². The molecule has 11 heteroatoms. The molecule has 0 amide bonds. The number of halogens is 3. The third kappa shape index (κ3) is 4.94. The number of hydrogen-bond donors (Lipinski definition) is 1. The van der Waals surface area contributed by atoms with Crippen LogP contribution in [0.4, 0.5) is 13.2 Å². The summed E-state index contributed by atoms with van der Waals surface area (Å²) >= 11 is 5.36. The molecule has 0 unspecified atom stereocenters. The Kier molecular flexibility index (Phi) is 6.47. The first-order valence-electron chi connectivity index (χ1n) is 9.00. The molecule has 2 aliphatic heterocycles. The van der Waals surface area contributed by atoms with Crippen molar-refractivity contribution in [3.8, 4) is 0 Å². The molecule has 0 radical (unpaired) electrons. The molecule has 1 N–H and O–H groups in total. The maximum atomic E-state index is 12.9. The fraction of sp³-hybridized carbons (Fsp3) is 0.588. The van der Waals surface area contributed by atoms with Crippen molar-refractivity contribution < 1.29 is 26.3 Å². The standard InChI is InChI=1S/C17H22F3N3O3S2/c18-17(19,20)13-3-1-5-15(11-13)28(24,25)23-8-6-22(7-9-23)16(27)21-12-14-4-2-10-26-14/h1,3,5,11,14H,2,4,6-10,12H2,(H,21,27)/t14-/m1/s1. The highest BCUT2D eigenvalue weighted by molar-refractivity contribution is 7.89. The first-order valence-corrected chi connectivity index (χ1v) is 10.8. The van der Waals surface area contributed by atoms with E-state index in [0.29, 0.717) is 30.8 Å². The van der Waals surface area contributed by atoms with E-state index in [9.17, 15) is 21.6 Å². The van der Waals surface area contributed by atoms with E-state index >= 15 is 0 Å². The average molecular weight is 438 g/mol. The molecule has 2 heterocycles. The molecule has 2 fully saturated rings. The van der Waals surface area contributed by atoms with Crippen molar-refractivity contribution in [3.63, 3.8) is 0 Å². The summed E-state index contributed by atoms with van der Waals surface area (Å²) in [4.78, 5) is 1.51. The third-order valence-corrected chi connectivity index (χ3v) is 7.13. The van der Waals surface area contributed by atoms with Crippen LogP contribution in [0.2, 0.25) is 0 Å². The summed E-state index contributed by atoms with van der Waals surface area (Å²) in [6, 6.07) is 3.82. The van der Waals surface area contributed by atoms with Crippen molar-refractivity contribution in [1.29, 1.82) is 0 Å². The maximum Gasteiger partial charge on any atom is 0.416 e. The molecule has 2 aliphatic rings. The molecule has 1 aromatic carbocycles. The molecule has 156 valence electrons. The Labute approximate surface area is 167 Å². The van der Waals surface area contributed by atoms with E-state index in [1.54, 1.807) is 0 Å². The van der Waals surface area contributed by atoms with Crippen molar-refractivity contribution in [2.45, 2.75) is 30.0 Å². The van der Waals surface area contributed by atoms with E-state index in [2.05, 4.69) is 5.32 Å². The Morgan fingerprint density at radius 1 is 1.25 bits per heavy atom. The molecule has 3 rings (SSSR count). The van der Waals surface area contributed by atoms with Gasteiger partial charge in [0, 0.05) is 39.3 Å². The Balaban J connectivity index is 1.58. The lowest BCUT2D eigenvalue weighted by atomic mass is 10.2. The van der Waals surface area contributed by atoms with Gasteiger partial charge in [-0.2, -0.15) is 17.5 Å². The molecule has 0 aliphatic carbocycles. The summed E-state index contributed by atoms with van der Waals surface area (Å²) in [5.74, 6) is 0. The molecule has 1 atom stereocenters. The van der Waals surface area contributed by atoms with Crippen LogP contribution in [0.5, 0.6) is 0 Å². The molecular formula is C17H22F3N3O3S2. The molecule has 0 saturated carbocycles. The van der Waals surface area contributed by atoms with Crippen molar-refractivity contribution in [2.24, 2.45) is 0 Å². The number of alkyl halides is 3. The zero-order chi connectivity index (χ0) is 20.4. The maximum absolute atomic E-state index is 12.9. The molecule has 6 nitrogen and oxygen atoms in total. The predicted octanol–water partition coefficient (Wildman–Crippen LogP) is 2.07. The lowest BCUT2D eigenvalue weighted by Crippen LogP contribution is -2.53. The van der Waals surface area contributed by atoms with Gasteiger partial charge in [-0.15, -0.1) is 0 Å². The van der Waals surface area contributed by atoms with E-state index in [0.717, 1.165) is 31.6 Å². The van der Waals surface area contributed by atoms with Gasteiger partial charge in [-0.3, -0.25) is 0 Å². The van der Waals surface area contributed by atoms with Crippen molar-refractivity contribution >= 4 is 27.4 Å². The Morgan fingerprint density at radius 2 is 1.96 bits per heavy atom. The minimum absolute atomic E-state index is 0.139. The van der Waals surface area contributed by atoms with Crippen LogP contribution in [0.3, 0.4) is 0 Å². The molecule has 0 bridgehead atoms. The summed E-state index contributed by atoms with van der Waals surface area (Å²) < 4.78 is 70.8. The van der Waals surface area contributed by atoms with Gasteiger partial charge in [-0.1, -0.05) is 6.07 Å². The van der Waals surface area contributed by atoms with Gasteiger partial charge in [0.2, 0.25) is 10.0 Å². The van der Waals surface area contributed by atoms with E-state index in [4.69, 9.17) is 17.0 Å². The number of hydrogen-bond acceptors (Lipinski definition) is 4. The number of thiocarbonyl (C=S) groups is 1. The number of ether oxygens (including phenoxy) is 1. The number of piperazine rings is 1. The first kappa shape index (κ1) is 21.3. The average Bonchev–Trinajstić information content (AvgIpc) is 3.19. The molecule has 0 aromatic heterocycles. The lowest BCUT2D eigenvalue weighted by Gasteiger charge is -2.35. The number of nitrogens with one attached hydrogen (secondary N) is 1. The molecular weight excluding hydrogens is 415 g/mol. The van der Waals surface area contributed by atoms with E-state index < -0.39 is 21.8 Å². The van der Waals surface area contributed by atoms with Crippen LogP contribution in [0.15, 0.2) is 29.2 Å². The second-order valence-corrected chi connectivity index (χ2v) is 9.06. The molecule has 28 heavy (non-hydrogen) atoms. The fourth-order valence-electron chi connectivity index (χ4n) is 3.23. The highest BCUT2D eigenvalue weighted by Gasteiger charge is 2.34. The topological polar surface area (TPSA) is 61.9 Å². The largest absolute Gasteiger partial charge is 0.416 e. The third-order valence-electron chi connectivity index (χ3n) is 4.83. The lowest BCUT2D eigenvalue weighted by molar-refractivity contribution is -0.137. The number of nitrogens with zero attached hydrogens (tertiary/aromatic N) is 2. The highest BCUT2D eigenvalue weighted by atomic mass is 32.2. The summed E-state index contributed by atoms with van der Waals surface area (Å²) in [6.45, 7) is 2.42. The van der Waals surface area contributed by atoms with Crippen LogP contribution < -0.4 is 5.32 Å². The zero-order valence-corrected chi connectivity index (χ0v) is 16.7. The summed E-state index contributed by atoms with van der Waals surface area (Å²) in [5, 5.41) is 3.68. The van der Waals surface area contributed by atoms with Crippen LogP contribution in [-0.4, -0.2) is 68.2 Å². The summed E-state index contributed by atoms with van der Waals surface area (Å²) in [5.41, 5.74) is -0.980. The van der Waals surface area contributed by atoms with Gasteiger partial charge in [0.1, 0.15) is 0 Å². The second kappa shape index (κ2) is 8.52. The van der Waals surface area contributed by atoms with Crippen LogP contribution in [0, 0.1) is 0 Å². The molecule has 1 aromatic rings. The summed E-state index contributed by atoms with van der Waals surface area (Å²) in [7, 11) is -4.00. The number of sulfonamides is 1.